The molecule has 0 atom stereocenters. The van der Waals surface area contributed by atoms with Crippen molar-refractivity contribution in [1.29, 1.82) is 0 Å². The average molecular weight is 1240 g/mol. The summed E-state index contributed by atoms with van der Waals surface area (Å²) < 4.78 is 0. The van der Waals surface area contributed by atoms with Crippen LogP contribution in [0.15, 0.2) is 279 Å². The zero-order valence-corrected chi connectivity index (χ0v) is 48.0. The van der Waals surface area contributed by atoms with Gasteiger partial charge in [0.1, 0.15) is 0 Å². The Labute approximate surface area is 501 Å². The van der Waals surface area contributed by atoms with Crippen LogP contribution in [0.2, 0.25) is 0 Å². The molecule has 403 valence electrons. The molecule has 6 heteroatoms. The van der Waals surface area contributed by atoms with Gasteiger partial charge in [-0.3, -0.25) is 0 Å². The van der Waals surface area contributed by atoms with Crippen molar-refractivity contribution in [3.63, 3.8) is 0 Å². The second-order valence-electron chi connectivity index (χ2n) is 21.0. The van der Waals surface area contributed by atoms with Gasteiger partial charge in [-0.15, -0.1) is 66.7 Å². The van der Waals surface area contributed by atoms with Gasteiger partial charge in [-0.1, -0.05) is 188 Å². The first-order valence-corrected chi connectivity index (χ1v) is 28.1. The standard InChI is InChI=1S/C77H56N5.Ir/c1-4-16-60(17-5-1)61-36-38-62(39-37-61)65-48-49-78-73(53-65)64-42-40-63(41-43-64)71-22-10-11-23-72(71)66-51-58(30-28-56-32-44-69(45-33-56)81-54-79(67-18-6-2-7-19-67)74-24-12-14-26-76(74)81)50-59(52-66)31-29-57-34-46-70(47-35-57)82-55-80(68-20-8-3-9-21-68)75-25-13-15-27-77(75)82;/h1-27,32-42,44,46,48-55H,28-31H2;/q-5;. The quantitative estimate of drug-likeness (QED) is 0.0953. The number of para-hydroxylation sites is 6. The van der Waals surface area contributed by atoms with Gasteiger partial charge in [0, 0.05) is 60.4 Å². The Hall–Kier alpha value is -9.58. The van der Waals surface area contributed by atoms with Crippen molar-refractivity contribution >= 4 is 45.5 Å². The molecular weight excluding hydrogens is 1190 g/mol. The maximum atomic E-state index is 4.81. The van der Waals surface area contributed by atoms with Crippen LogP contribution in [0.25, 0.3) is 55.8 Å². The minimum absolute atomic E-state index is 0. The van der Waals surface area contributed by atoms with E-state index in [9.17, 15) is 0 Å². The van der Waals surface area contributed by atoms with Crippen molar-refractivity contribution in [3.8, 4) is 55.8 Å². The Morgan fingerprint density at radius 1 is 0.313 bits per heavy atom. The zero-order valence-electron chi connectivity index (χ0n) is 45.6. The Kier molecular flexibility index (Phi) is 15.2. The van der Waals surface area contributed by atoms with Crippen molar-refractivity contribution in [2.24, 2.45) is 0 Å². The minimum atomic E-state index is 0. The monoisotopic (exact) mass is 1240 g/mol. The van der Waals surface area contributed by atoms with E-state index in [1.54, 1.807) is 0 Å². The molecule has 3 heterocycles. The molecule has 2 aliphatic heterocycles. The Bertz CT molecular complexity index is 3990. The fourth-order valence-electron chi connectivity index (χ4n) is 11.5. The first kappa shape index (κ1) is 52.8. The van der Waals surface area contributed by atoms with E-state index in [1.807, 2.05) is 6.20 Å². The number of pyridine rings is 1. The fraction of sp³-hybridized carbons (Fsp3) is 0.0519. The Morgan fingerprint density at radius 2 is 0.747 bits per heavy atom. The average Bonchev–Trinajstić information content (AvgIpc) is 4.37. The summed E-state index contributed by atoms with van der Waals surface area (Å²) in [5.74, 6) is 0. The van der Waals surface area contributed by atoms with Gasteiger partial charge in [0.05, 0.1) is 0 Å². The molecular formula is C77H56IrN5-5. The third kappa shape index (κ3) is 11.2. The molecule has 0 saturated heterocycles. The molecule has 0 saturated carbocycles. The molecule has 1 radical (unpaired) electrons. The SMILES string of the molecule is [Ir].[c-]1cc(-c2ccccc2-c2cc(CCc3c[c-]c(N4[CH-]N(c5ccccc5)c5ccccc54)cc3)cc(CCc3c[c-]c(N4[CH-]N(c5ccccc5)c5ccccc54)cc3)c2)ccc1-c1cc(-c2ccc(-c3ccccc3)cc2)ccn1. The predicted molar refractivity (Wildman–Crippen MR) is 339 cm³/mol. The van der Waals surface area contributed by atoms with Gasteiger partial charge < -0.3 is 24.6 Å². The number of nitrogens with zero attached hydrogens (tertiary/aromatic N) is 5. The number of fused-ring (bicyclic) bond motifs is 2. The van der Waals surface area contributed by atoms with Crippen molar-refractivity contribution in [1.82, 2.24) is 4.98 Å². The first-order chi connectivity index (χ1) is 40.6. The number of aryl methyl sites for hydroxylation is 4. The molecule has 12 aromatic rings. The van der Waals surface area contributed by atoms with Crippen molar-refractivity contribution < 1.29 is 20.1 Å². The molecule has 2 aliphatic rings. The number of rotatable bonds is 15. The molecule has 83 heavy (non-hydrogen) atoms. The van der Waals surface area contributed by atoms with Crippen LogP contribution in [0.1, 0.15) is 22.3 Å². The van der Waals surface area contributed by atoms with Crippen molar-refractivity contribution in [3.05, 3.63) is 333 Å². The summed E-state index contributed by atoms with van der Waals surface area (Å²) in [5.41, 5.74) is 25.2. The molecule has 0 N–H and O–H groups in total. The number of aromatic nitrogens is 1. The summed E-state index contributed by atoms with van der Waals surface area (Å²) in [6.07, 6.45) is 5.45. The maximum absolute atomic E-state index is 4.81. The normalized spacial score (nSPS) is 12.5. The molecule has 11 aromatic carbocycles. The van der Waals surface area contributed by atoms with Crippen LogP contribution in [0.5, 0.6) is 0 Å². The van der Waals surface area contributed by atoms with E-state index in [0.29, 0.717) is 0 Å². The van der Waals surface area contributed by atoms with E-state index in [2.05, 4.69) is 324 Å². The zero-order chi connectivity index (χ0) is 54.6. The molecule has 0 aliphatic carbocycles. The molecule has 0 spiro atoms. The van der Waals surface area contributed by atoms with Gasteiger partial charge in [-0.2, -0.15) is 47.5 Å². The second kappa shape index (κ2) is 23.9. The Morgan fingerprint density at radius 3 is 1.24 bits per heavy atom. The summed E-state index contributed by atoms with van der Waals surface area (Å²) in [6.45, 7) is 4.34. The fourth-order valence-corrected chi connectivity index (χ4v) is 11.5. The van der Waals surface area contributed by atoms with Gasteiger partial charge in [-0.05, 0) is 118 Å². The largest absolute Gasteiger partial charge is 0.493 e. The number of hydrogen-bond acceptors (Lipinski definition) is 5. The predicted octanol–water partition coefficient (Wildman–Crippen LogP) is 19.2. The van der Waals surface area contributed by atoms with Crippen LogP contribution in [0.4, 0.5) is 45.5 Å². The van der Waals surface area contributed by atoms with Crippen LogP contribution in [0.3, 0.4) is 0 Å². The first-order valence-electron chi connectivity index (χ1n) is 28.1. The summed E-state index contributed by atoms with van der Waals surface area (Å²) in [6, 6.07) is 108. The van der Waals surface area contributed by atoms with Gasteiger partial charge in [-0.25, -0.2) is 0 Å². The molecule has 14 rings (SSSR count). The van der Waals surface area contributed by atoms with Crippen LogP contribution >= 0.6 is 0 Å². The molecule has 0 unspecified atom stereocenters. The number of benzene rings is 11. The van der Waals surface area contributed by atoms with Gasteiger partial charge in [0.25, 0.3) is 0 Å². The van der Waals surface area contributed by atoms with E-state index in [-0.39, 0.29) is 20.1 Å². The third-order valence-corrected chi connectivity index (χ3v) is 15.8. The minimum Gasteiger partial charge on any atom is -0.493 e. The van der Waals surface area contributed by atoms with Crippen LogP contribution in [0, 0.1) is 31.5 Å². The summed E-state index contributed by atoms with van der Waals surface area (Å²) in [5, 5.41) is 0. The smallest absolute Gasteiger partial charge is 0.0344 e. The third-order valence-electron chi connectivity index (χ3n) is 15.8. The van der Waals surface area contributed by atoms with E-state index in [4.69, 9.17) is 4.98 Å². The molecule has 0 amide bonds. The topological polar surface area (TPSA) is 25.9 Å². The van der Waals surface area contributed by atoms with Crippen molar-refractivity contribution in [2.45, 2.75) is 25.7 Å². The van der Waals surface area contributed by atoms with Gasteiger partial charge in [0.2, 0.25) is 0 Å². The van der Waals surface area contributed by atoms with E-state index in [1.165, 1.54) is 50.1 Å². The Balaban J connectivity index is 0.00000645. The number of anilines is 8. The van der Waals surface area contributed by atoms with E-state index < -0.39 is 0 Å². The second-order valence-corrected chi connectivity index (χ2v) is 21.0. The summed E-state index contributed by atoms with van der Waals surface area (Å²) >= 11 is 0. The number of hydrogen-bond donors (Lipinski definition) is 0. The summed E-state index contributed by atoms with van der Waals surface area (Å²) in [7, 11) is 0. The summed E-state index contributed by atoms with van der Waals surface area (Å²) in [4.78, 5) is 13.8. The van der Waals surface area contributed by atoms with Crippen LogP contribution in [-0.4, -0.2) is 4.98 Å². The van der Waals surface area contributed by atoms with Crippen LogP contribution in [-0.2, 0) is 45.8 Å². The van der Waals surface area contributed by atoms with Gasteiger partial charge >= 0.3 is 0 Å². The maximum Gasteiger partial charge on any atom is 0.0344 e. The van der Waals surface area contributed by atoms with Gasteiger partial charge in [0.15, 0.2) is 0 Å². The van der Waals surface area contributed by atoms with Crippen molar-refractivity contribution in [2.75, 3.05) is 19.6 Å². The molecule has 0 bridgehead atoms. The molecule has 0 fully saturated rings. The van der Waals surface area contributed by atoms with E-state index >= 15 is 0 Å². The molecule has 1 aromatic heterocycles. The van der Waals surface area contributed by atoms with E-state index in [0.717, 1.165) is 99.1 Å². The molecule has 5 nitrogen and oxygen atoms in total. The van der Waals surface area contributed by atoms with Crippen LogP contribution < -0.4 is 19.6 Å².